The Morgan fingerprint density at radius 2 is 1.96 bits per heavy atom. The number of benzene rings is 1. The number of nitrogens with one attached hydrogen (secondary N) is 1. The van der Waals surface area contributed by atoms with Crippen LogP contribution in [0.2, 0.25) is 0 Å². The lowest BCUT2D eigenvalue weighted by atomic mass is 10.1. The molecule has 25 heavy (non-hydrogen) atoms. The Morgan fingerprint density at radius 3 is 2.64 bits per heavy atom. The van der Waals surface area contributed by atoms with Crippen LogP contribution in [0.1, 0.15) is 40.6 Å². The largest absolute Gasteiger partial charge is 0.489 e. The van der Waals surface area contributed by atoms with Crippen molar-refractivity contribution in [2.75, 3.05) is 20.1 Å². The summed E-state index contributed by atoms with van der Waals surface area (Å²) in [5.41, 5.74) is 2.34. The average Bonchev–Trinajstić information content (AvgIpc) is 3.11. The van der Waals surface area contributed by atoms with Crippen LogP contribution in [-0.4, -0.2) is 37.0 Å². The lowest BCUT2D eigenvalue weighted by Crippen LogP contribution is -2.43. The molecule has 2 heterocycles. The first-order chi connectivity index (χ1) is 12.1. The molecule has 1 aromatic heterocycles. The zero-order valence-corrected chi connectivity index (χ0v) is 15.8. The first-order valence-corrected chi connectivity index (χ1v) is 9.80. The highest BCUT2D eigenvalue weighted by atomic mass is 32.1. The molecule has 0 radical (unpaired) electrons. The Morgan fingerprint density at radius 1 is 1.24 bits per heavy atom. The predicted octanol–water partition coefficient (Wildman–Crippen LogP) is 3.71. The molecular weight excluding hydrogens is 332 g/mol. The summed E-state index contributed by atoms with van der Waals surface area (Å²) in [6.45, 7) is 4.72. The van der Waals surface area contributed by atoms with Crippen LogP contribution in [0.3, 0.4) is 0 Å². The molecular formula is C20H26N2O2S. The lowest BCUT2D eigenvalue weighted by molar-refractivity contribution is 0.0921. The summed E-state index contributed by atoms with van der Waals surface area (Å²) in [5.74, 6) is 0.902. The van der Waals surface area contributed by atoms with Crippen molar-refractivity contribution in [2.45, 2.75) is 38.8 Å². The Bertz CT molecular complexity index is 688. The summed E-state index contributed by atoms with van der Waals surface area (Å²) in [6.07, 6.45) is 3.08. The van der Waals surface area contributed by atoms with Gasteiger partial charge in [-0.3, -0.25) is 4.79 Å². The second kappa shape index (κ2) is 8.50. The molecule has 0 aliphatic carbocycles. The van der Waals surface area contributed by atoms with Crippen LogP contribution in [0.25, 0.3) is 0 Å². The van der Waals surface area contributed by atoms with E-state index in [1.54, 1.807) is 0 Å². The van der Waals surface area contributed by atoms with Crippen molar-refractivity contribution in [1.29, 1.82) is 0 Å². The minimum Gasteiger partial charge on any atom is -0.489 e. The second-order valence-corrected chi connectivity index (χ2v) is 7.57. The van der Waals surface area contributed by atoms with Gasteiger partial charge < -0.3 is 15.0 Å². The molecule has 1 aromatic carbocycles. The smallest absolute Gasteiger partial charge is 0.261 e. The number of carbonyl (C=O) groups is 1. The maximum Gasteiger partial charge on any atom is 0.261 e. The van der Waals surface area contributed by atoms with Crippen LogP contribution in [0.15, 0.2) is 35.7 Å². The normalized spacial score (nSPS) is 15.9. The quantitative estimate of drug-likeness (QED) is 0.856. The van der Waals surface area contributed by atoms with Crippen LogP contribution < -0.4 is 10.1 Å². The minimum atomic E-state index is 0.0399. The van der Waals surface area contributed by atoms with Crippen molar-refractivity contribution < 1.29 is 9.53 Å². The van der Waals surface area contributed by atoms with Gasteiger partial charge in [0, 0.05) is 11.6 Å². The van der Waals surface area contributed by atoms with Crippen LogP contribution in [0.5, 0.6) is 5.75 Å². The third-order valence-corrected chi connectivity index (χ3v) is 5.65. The fraction of sp³-hybridized carbons (Fsp3) is 0.450. The number of aryl methyl sites for hydroxylation is 1. The number of carbonyl (C=O) groups excluding carboxylic acids is 1. The summed E-state index contributed by atoms with van der Waals surface area (Å²) >= 11 is 1.49. The summed E-state index contributed by atoms with van der Waals surface area (Å²) in [7, 11) is 2.12. The van der Waals surface area contributed by atoms with Gasteiger partial charge in [0.1, 0.15) is 12.4 Å². The van der Waals surface area contributed by atoms with Gasteiger partial charge >= 0.3 is 0 Å². The number of likely N-dealkylation sites (tertiary alicyclic amines) is 1. The molecule has 4 nitrogen and oxygen atoms in total. The van der Waals surface area contributed by atoms with E-state index in [-0.39, 0.29) is 5.91 Å². The van der Waals surface area contributed by atoms with Crippen molar-refractivity contribution in [2.24, 2.45) is 0 Å². The van der Waals surface area contributed by atoms with Gasteiger partial charge in [0.15, 0.2) is 0 Å². The molecule has 1 aliphatic heterocycles. The van der Waals surface area contributed by atoms with E-state index in [0.717, 1.165) is 48.5 Å². The molecule has 0 unspecified atom stereocenters. The number of hydrogen-bond acceptors (Lipinski definition) is 4. The first-order valence-electron chi connectivity index (χ1n) is 8.92. The maximum atomic E-state index is 12.4. The topological polar surface area (TPSA) is 41.6 Å². The van der Waals surface area contributed by atoms with Crippen molar-refractivity contribution in [3.8, 4) is 5.75 Å². The predicted molar refractivity (Wildman–Crippen MR) is 102 cm³/mol. The van der Waals surface area contributed by atoms with Gasteiger partial charge in [0.25, 0.3) is 5.91 Å². The Kier molecular flexibility index (Phi) is 6.10. The number of hydrogen-bond donors (Lipinski definition) is 1. The molecule has 0 saturated carbocycles. The maximum absolute atomic E-state index is 12.4. The number of ether oxygens (including phenoxy) is 1. The summed E-state index contributed by atoms with van der Waals surface area (Å²) in [6, 6.07) is 10.4. The number of thiophene rings is 1. The molecule has 134 valence electrons. The van der Waals surface area contributed by atoms with Crippen molar-refractivity contribution >= 4 is 17.2 Å². The summed E-state index contributed by atoms with van der Waals surface area (Å²) in [5, 5.41) is 5.16. The molecule has 5 heteroatoms. The van der Waals surface area contributed by atoms with Gasteiger partial charge in [-0.05, 0) is 68.5 Å². The van der Waals surface area contributed by atoms with E-state index in [1.807, 2.05) is 23.6 Å². The van der Waals surface area contributed by atoms with E-state index < -0.39 is 0 Å². The second-order valence-electron chi connectivity index (χ2n) is 6.66. The molecule has 1 N–H and O–H groups in total. The van der Waals surface area contributed by atoms with E-state index in [0.29, 0.717) is 12.6 Å². The SMILES string of the molecule is CCc1ccc(OCc2csc(C(=O)NC3CCN(C)CC3)c2)cc1. The van der Waals surface area contributed by atoms with Gasteiger partial charge in [-0.25, -0.2) is 0 Å². The van der Waals surface area contributed by atoms with Crippen LogP contribution in [0.4, 0.5) is 0 Å². The highest BCUT2D eigenvalue weighted by Crippen LogP contribution is 2.19. The van der Waals surface area contributed by atoms with Crippen LogP contribution in [-0.2, 0) is 13.0 Å². The van der Waals surface area contributed by atoms with E-state index in [1.165, 1.54) is 16.9 Å². The van der Waals surface area contributed by atoms with Gasteiger partial charge in [-0.15, -0.1) is 11.3 Å². The highest BCUT2D eigenvalue weighted by molar-refractivity contribution is 7.12. The van der Waals surface area contributed by atoms with Gasteiger partial charge in [0.2, 0.25) is 0 Å². The third-order valence-electron chi connectivity index (χ3n) is 4.67. The molecule has 1 aliphatic rings. The fourth-order valence-electron chi connectivity index (χ4n) is 2.97. The molecule has 1 fully saturated rings. The highest BCUT2D eigenvalue weighted by Gasteiger charge is 2.19. The minimum absolute atomic E-state index is 0.0399. The Hall–Kier alpha value is -1.85. The van der Waals surface area contributed by atoms with E-state index in [4.69, 9.17) is 4.74 Å². The van der Waals surface area contributed by atoms with Crippen molar-refractivity contribution in [1.82, 2.24) is 10.2 Å². The molecule has 0 spiro atoms. The first kappa shape index (κ1) is 18.0. The summed E-state index contributed by atoms with van der Waals surface area (Å²) < 4.78 is 5.82. The monoisotopic (exact) mass is 358 g/mol. The molecule has 3 rings (SSSR count). The van der Waals surface area contributed by atoms with Gasteiger partial charge in [-0.2, -0.15) is 0 Å². The fourth-order valence-corrected chi connectivity index (χ4v) is 3.77. The number of nitrogens with zero attached hydrogens (tertiary/aromatic N) is 1. The molecule has 1 saturated heterocycles. The average molecular weight is 359 g/mol. The third kappa shape index (κ3) is 5.06. The van der Waals surface area contributed by atoms with Crippen molar-refractivity contribution in [3.63, 3.8) is 0 Å². The molecule has 2 aromatic rings. The van der Waals surface area contributed by atoms with E-state index in [2.05, 4.69) is 36.3 Å². The van der Waals surface area contributed by atoms with Crippen LogP contribution >= 0.6 is 11.3 Å². The van der Waals surface area contributed by atoms with Crippen molar-refractivity contribution in [3.05, 3.63) is 51.7 Å². The number of amides is 1. The standard InChI is InChI=1S/C20H26N2O2S/c1-3-15-4-6-18(7-5-15)24-13-16-12-19(25-14-16)20(23)21-17-8-10-22(2)11-9-17/h4-7,12,14,17H,3,8-11,13H2,1-2H3,(H,21,23). The molecule has 0 bridgehead atoms. The van der Waals surface area contributed by atoms with E-state index in [9.17, 15) is 4.79 Å². The molecule has 1 amide bonds. The zero-order valence-electron chi connectivity index (χ0n) is 15.0. The summed E-state index contributed by atoms with van der Waals surface area (Å²) in [4.78, 5) is 15.5. The van der Waals surface area contributed by atoms with Gasteiger partial charge in [-0.1, -0.05) is 19.1 Å². The number of piperidine rings is 1. The van der Waals surface area contributed by atoms with Crippen LogP contribution in [0, 0.1) is 0 Å². The Balaban J connectivity index is 1.50. The number of rotatable bonds is 6. The Labute approximate surface area is 153 Å². The lowest BCUT2D eigenvalue weighted by Gasteiger charge is -2.29. The van der Waals surface area contributed by atoms with Gasteiger partial charge in [0.05, 0.1) is 4.88 Å². The zero-order chi connectivity index (χ0) is 17.6. The van der Waals surface area contributed by atoms with E-state index >= 15 is 0 Å². The molecule has 0 atom stereocenters.